The molecule has 0 aromatic rings. The van der Waals surface area contributed by atoms with Gasteiger partial charge in [-0.25, -0.2) is 0 Å². The summed E-state index contributed by atoms with van der Waals surface area (Å²) < 4.78 is 39.1. The second-order valence-electron chi connectivity index (χ2n) is 1.77. The number of allylic oxidation sites excluding steroid dienone is 2. The Balaban J connectivity index is 3.83. The van der Waals surface area contributed by atoms with Crippen LogP contribution < -0.4 is 0 Å². The van der Waals surface area contributed by atoms with Gasteiger partial charge in [-0.2, -0.15) is 13.2 Å². The van der Waals surface area contributed by atoms with Crippen molar-refractivity contribution >= 4 is 0 Å². The molecule has 0 fully saturated rings. The van der Waals surface area contributed by atoms with Crippen molar-refractivity contribution < 1.29 is 17.9 Å². The molecule has 0 saturated carbocycles. The molecule has 0 bridgehead atoms. The first-order chi connectivity index (χ1) is 4.95. The van der Waals surface area contributed by atoms with Gasteiger partial charge in [0.25, 0.3) is 0 Å². The number of rotatable bonds is 3. The average Bonchev–Trinajstić information content (AvgIpc) is 1.83. The minimum atomic E-state index is -4.29. The molecule has 0 rings (SSSR count). The van der Waals surface area contributed by atoms with Gasteiger partial charge < -0.3 is 4.74 Å². The maximum Gasteiger partial charge on any atom is 0.409 e. The fraction of sp³-hybridized carbons (Fsp3) is 0.429. The van der Waals surface area contributed by atoms with Gasteiger partial charge in [-0.1, -0.05) is 6.58 Å². The topological polar surface area (TPSA) is 9.23 Å². The van der Waals surface area contributed by atoms with E-state index in [0.717, 1.165) is 6.08 Å². The summed E-state index contributed by atoms with van der Waals surface area (Å²) in [5.74, 6) is 0.0184. The summed E-state index contributed by atoms with van der Waals surface area (Å²) in [5, 5.41) is 0. The Labute approximate surface area is 63.2 Å². The highest BCUT2D eigenvalue weighted by molar-refractivity contribution is 5.09. The van der Waals surface area contributed by atoms with Gasteiger partial charge in [-0.3, -0.25) is 0 Å². The van der Waals surface area contributed by atoms with Crippen molar-refractivity contribution in [2.24, 2.45) is 0 Å². The van der Waals surface area contributed by atoms with Crippen LogP contribution in [0.25, 0.3) is 0 Å². The normalized spacial score (nSPS) is 12.0. The maximum absolute atomic E-state index is 11.5. The molecule has 0 aliphatic rings. The number of alkyl halides is 3. The molecule has 0 heterocycles. The highest BCUT2D eigenvalue weighted by Crippen LogP contribution is 2.16. The van der Waals surface area contributed by atoms with E-state index >= 15 is 0 Å². The maximum atomic E-state index is 11.5. The summed E-state index contributed by atoms with van der Waals surface area (Å²) in [4.78, 5) is 0. The molecular formula is C7H9F3O. The van der Waals surface area contributed by atoms with E-state index in [0.29, 0.717) is 6.61 Å². The Morgan fingerprint density at radius 3 is 2.45 bits per heavy atom. The Morgan fingerprint density at radius 1 is 1.55 bits per heavy atom. The quantitative estimate of drug-likeness (QED) is 0.462. The molecule has 1 nitrogen and oxygen atoms in total. The lowest BCUT2D eigenvalue weighted by molar-refractivity contribution is -0.0800. The van der Waals surface area contributed by atoms with Crippen LogP contribution in [0.4, 0.5) is 13.2 Å². The van der Waals surface area contributed by atoms with Gasteiger partial charge in [0, 0.05) is 6.08 Å². The molecule has 0 amide bonds. The van der Waals surface area contributed by atoms with E-state index in [1.165, 1.54) is 0 Å². The first kappa shape index (κ1) is 10.1. The molecule has 0 N–H and O–H groups in total. The fourth-order valence-electron chi connectivity index (χ4n) is 0.421. The number of hydrogen-bond acceptors (Lipinski definition) is 1. The van der Waals surface area contributed by atoms with Gasteiger partial charge in [0.2, 0.25) is 0 Å². The Kier molecular flexibility index (Phi) is 3.71. The molecule has 4 heteroatoms. The number of ether oxygens (including phenoxy) is 1. The van der Waals surface area contributed by atoms with Crippen molar-refractivity contribution in [3.05, 3.63) is 24.5 Å². The Morgan fingerprint density at radius 2 is 2.09 bits per heavy atom. The number of halogens is 3. The van der Waals surface area contributed by atoms with E-state index in [2.05, 4.69) is 11.3 Å². The standard InChI is InChI=1S/C7H9F3O/c1-3-11-6(2)4-5-7(8,9)10/h4-5H,2-3H2,1H3/b5-4+. The average molecular weight is 166 g/mol. The minimum absolute atomic E-state index is 0.0184. The van der Waals surface area contributed by atoms with Crippen molar-refractivity contribution in [1.82, 2.24) is 0 Å². The number of hydrogen-bond donors (Lipinski definition) is 0. The van der Waals surface area contributed by atoms with E-state index in [9.17, 15) is 13.2 Å². The van der Waals surface area contributed by atoms with E-state index in [-0.39, 0.29) is 11.8 Å². The van der Waals surface area contributed by atoms with Crippen LogP contribution in [0.3, 0.4) is 0 Å². The van der Waals surface area contributed by atoms with Crippen LogP contribution in [0.15, 0.2) is 24.5 Å². The van der Waals surface area contributed by atoms with E-state index in [1.54, 1.807) is 6.92 Å². The second kappa shape index (κ2) is 4.05. The largest absolute Gasteiger partial charge is 0.495 e. The summed E-state index contributed by atoms with van der Waals surface area (Å²) in [6.45, 7) is 5.23. The van der Waals surface area contributed by atoms with Gasteiger partial charge in [0.15, 0.2) is 0 Å². The Bertz CT molecular complexity index is 158. The zero-order valence-corrected chi connectivity index (χ0v) is 6.11. The fourth-order valence-corrected chi connectivity index (χ4v) is 0.421. The van der Waals surface area contributed by atoms with Crippen LogP contribution in [0.2, 0.25) is 0 Å². The van der Waals surface area contributed by atoms with Gasteiger partial charge >= 0.3 is 6.18 Å². The van der Waals surface area contributed by atoms with Gasteiger partial charge in [-0.05, 0) is 13.0 Å². The van der Waals surface area contributed by atoms with E-state index < -0.39 is 6.18 Å². The van der Waals surface area contributed by atoms with Crippen molar-refractivity contribution in [3.8, 4) is 0 Å². The highest BCUT2D eigenvalue weighted by Gasteiger charge is 2.21. The molecule has 0 atom stereocenters. The summed E-state index contributed by atoms with van der Waals surface area (Å²) in [6.07, 6.45) is -3.41. The Hall–Kier alpha value is -0.930. The van der Waals surface area contributed by atoms with E-state index in [1.807, 2.05) is 0 Å². The van der Waals surface area contributed by atoms with Crippen LogP contribution >= 0.6 is 0 Å². The van der Waals surface area contributed by atoms with Crippen molar-refractivity contribution in [1.29, 1.82) is 0 Å². The lowest BCUT2D eigenvalue weighted by Gasteiger charge is -2.01. The lowest BCUT2D eigenvalue weighted by atomic mass is 10.4. The molecular weight excluding hydrogens is 157 g/mol. The third-order valence-electron chi connectivity index (χ3n) is 0.788. The third kappa shape index (κ3) is 6.96. The van der Waals surface area contributed by atoms with Crippen LogP contribution in [0.1, 0.15) is 6.92 Å². The molecule has 64 valence electrons. The monoisotopic (exact) mass is 166 g/mol. The summed E-state index contributed by atoms with van der Waals surface area (Å²) in [7, 11) is 0. The first-order valence-electron chi connectivity index (χ1n) is 3.03. The SMILES string of the molecule is C=C(/C=C/C(F)(F)F)OCC. The smallest absolute Gasteiger partial charge is 0.409 e. The molecule has 0 aromatic carbocycles. The summed E-state index contributed by atoms with van der Waals surface area (Å²) in [6, 6.07) is 0. The van der Waals surface area contributed by atoms with Crippen LogP contribution in [0.5, 0.6) is 0 Å². The van der Waals surface area contributed by atoms with E-state index in [4.69, 9.17) is 0 Å². The van der Waals surface area contributed by atoms with Gasteiger partial charge in [0.1, 0.15) is 5.76 Å². The highest BCUT2D eigenvalue weighted by atomic mass is 19.4. The van der Waals surface area contributed by atoms with Crippen LogP contribution in [0, 0.1) is 0 Å². The van der Waals surface area contributed by atoms with Gasteiger partial charge in [0.05, 0.1) is 6.61 Å². The van der Waals surface area contributed by atoms with Crippen LogP contribution in [-0.4, -0.2) is 12.8 Å². The molecule has 0 spiro atoms. The molecule has 11 heavy (non-hydrogen) atoms. The molecule has 0 aromatic heterocycles. The first-order valence-corrected chi connectivity index (χ1v) is 3.03. The zero-order chi connectivity index (χ0) is 8.91. The molecule has 0 unspecified atom stereocenters. The summed E-state index contributed by atoms with van der Waals surface area (Å²) in [5.41, 5.74) is 0. The van der Waals surface area contributed by atoms with Crippen LogP contribution in [-0.2, 0) is 4.74 Å². The van der Waals surface area contributed by atoms with Crippen molar-refractivity contribution in [2.45, 2.75) is 13.1 Å². The predicted octanol–water partition coefficient (Wildman–Crippen LogP) is 2.66. The second-order valence-corrected chi connectivity index (χ2v) is 1.77. The molecule has 0 saturated heterocycles. The molecule has 0 aliphatic heterocycles. The zero-order valence-electron chi connectivity index (χ0n) is 6.11. The third-order valence-corrected chi connectivity index (χ3v) is 0.788. The van der Waals surface area contributed by atoms with Crippen molar-refractivity contribution in [3.63, 3.8) is 0 Å². The summed E-state index contributed by atoms with van der Waals surface area (Å²) >= 11 is 0. The molecule has 0 radical (unpaired) electrons. The minimum Gasteiger partial charge on any atom is -0.495 e. The lowest BCUT2D eigenvalue weighted by Crippen LogP contribution is -2.01. The molecule has 0 aliphatic carbocycles. The van der Waals surface area contributed by atoms with Crippen molar-refractivity contribution in [2.75, 3.05) is 6.61 Å². The predicted molar refractivity (Wildman–Crippen MR) is 36.0 cm³/mol. The van der Waals surface area contributed by atoms with Gasteiger partial charge in [-0.15, -0.1) is 0 Å².